The number of aryl methyl sites for hydroxylation is 1. The van der Waals surface area contributed by atoms with E-state index in [0.29, 0.717) is 23.8 Å². The number of rotatable bonds is 7. The summed E-state index contributed by atoms with van der Waals surface area (Å²) in [5.41, 5.74) is 2.75. The van der Waals surface area contributed by atoms with Gasteiger partial charge in [0, 0.05) is 12.1 Å². The van der Waals surface area contributed by atoms with Gasteiger partial charge in [-0.2, -0.15) is 0 Å². The van der Waals surface area contributed by atoms with Crippen molar-refractivity contribution in [1.29, 1.82) is 0 Å². The van der Waals surface area contributed by atoms with Crippen molar-refractivity contribution in [3.8, 4) is 22.8 Å². The molecule has 28 heavy (non-hydrogen) atoms. The Labute approximate surface area is 162 Å². The van der Waals surface area contributed by atoms with Gasteiger partial charge in [-0.05, 0) is 24.6 Å². The molecule has 0 spiro atoms. The Bertz CT molecular complexity index is 1020. The van der Waals surface area contributed by atoms with E-state index in [1.807, 2.05) is 37.3 Å². The average Bonchev–Trinajstić information content (AvgIpc) is 3.06. The summed E-state index contributed by atoms with van der Waals surface area (Å²) < 4.78 is 17.0. The highest BCUT2D eigenvalue weighted by Gasteiger charge is 2.12. The first kappa shape index (κ1) is 19.3. The topological polar surface area (TPSA) is 82.7 Å². The first-order chi connectivity index (χ1) is 13.5. The van der Waals surface area contributed by atoms with Crippen LogP contribution in [0.3, 0.4) is 0 Å². The minimum Gasteiger partial charge on any atom is -0.493 e. The van der Waals surface area contributed by atoms with E-state index < -0.39 is 5.76 Å². The van der Waals surface area contributed by atoms with Crippen molar-refractivity contribution in [2.24, 2.45) is 0 Å². The zero-order valence-electron chi connectivity index (χ0n) is 16.0. The van der Waals surface area contributed by atoms with E-state index >= 15 is 0 Å². The molecule has 7 heteroatoms. The molecule has 0 saturated heterocycles. The van der Waals surface area contributed by atoms with Crippen molar-refractivity contribution in [2.45, 2.75) is 20.0 Å². The number of nitrogens with zero attached hydrogens (tertiary/aromatic N) is 1. The van der Waals surface area contributed by atoms with Crippen LogP contribution in [0.15, 0.2) is 57.9 Å². The molecular formula is C21H22N2O5. The van der Waals surface area contributed by atoms with Crippen molar-refractivity contribution in [3.63, 3.8) is 0 Å². The summed E-state index contributed by atoms with van der Waals surface area (Å²) in [6.07, 6.45) is 1.54. The molecule has 1 N–H and O–H groups in total. The van der Waals surface area contributed by atoms with Crippen LogP contribution in [-0.2, 0) is 17.9 Å². The van der Waals surface area contributed by atoms with Gasteiger partial charge in [0.2, 0.25) is 5.91 Å². The van der Waals surface area contributed by atoms with Crippen LogP contribution in [0.5, 0.6) is 11.5 Å². The number of carbonyl (C=O) groups is 1. The maximum Gasteiger partial charge on any atom is 0.419 e. The minimum atomic E-state index is -0.572. The van der Waals surface area contributed by atoms with Crippen LogP contribution < -0.4 is 20.5 Å². The molecule has 1 heterocycles. The maximum atomic E-state index is 12.2. The summed E-state index contributed by atoms with van der Waals surface area (Å²) in [5.74, 6) is 0.761. The van der Waals surface area contributed by atoms with Crippen molar-refractivity contribution in [2.75, 3.05) is 14.2 Å². The fourth-order valence-corrected chi connectivity index (χ4v) is 2.74. The highest BCUT2D eigenvalue weighted by atomic mass is 16.5. The number of ether oxygens (including phenoxy) is 2. The molecule has 0 unspecified atom stereocenters. The second kappa shape index (κ2) is 8.47. The van der Waals surface area contributed by atoms with Gasteiger partial charge in [-0.3, -0.25) is 9.36 Å². The average molecular weight is 382 g/mol. The Balaban J connectivity index is 1.64. The van der Waals surface area contributed by atoms with Crippen LogP contribution in [0.4, 0.5) is 0 Å². The number of aromatic nitrogens is 1. The molecule has 1 aromatic heterocycles. The Morgan fingerprint density at radius 2 is 1.79 bits per heavy atom. The monoisotopic (exact) mass is 382 g/mol. The third-order valence-electron chi connectivity index (χ3n) is 4.29. The van der Waals surface area contributed by atoms with Crippen LogP contribution in [0, 0.1) is 6.92 Å². The molecule has 0 aliphatic heterocycles. The fourth-order valence-electron chi connectivity index (χ4n) is 2.74. The molecule has 0 saturated carbocycles. The summed E-state index contributed by atoms with van der Waals surface area (Å²) in [6, 6.07) is 13.0. The summed E-state index contributed by atoms with van der Waals surface area (Å²) in [7, 11) is 3.12. The molecule has 146 valence electrons. The molecule has 0 fully saturated rings. The Hall–Kier alpha value is -3.48. The van der Waals surface area contributed by atoms with Gasteiger partial charge in [0.1, 0.15) is 6.54 Å². The lowest BCUT2D eigenvalue weighted by molar-refractivity contribution is -0.121. The summed E-state index contributed by atoms with van der Waals surface area (Å²) >= 11 is 0. The third-order valence-corrected chi connectivity index (χ3v) is 4.29. The predicted octanol–water partition coefficient (Wildman–Crippen LogP) is 2.75. The lowest BCUT2D eigenvalue weighted by atomic mass is 10.1. The normalized spacial score (nSPS) is 10.5. The van der Waals surface area contributed by atoms with E-state index in [0.717, 1.165) is 16.7 Å². The van der Waals surface area contributed by atoms with Gasteiger partial charge in [-0.1, -0.05) is 35.9 Å². The second-order valence-corrected chi connectivity index (χ2v) is 6.32. The van der Waals surface area contributed by atoms with E-state index in [-0.39, 0.29) is 12.5 Å². The van der Waals surface area contributed by atoms with E-state index in [1.54, 1.807) is 32.5 Å². The van der Waals surface area contributed by atoms with Crippen LogP contribution in [0.2, 0.25) is 0 Å². The van der Waals surface area contributed by atoms with E-state index in [4.69, 9.17) is 13.9 Å². The first-order valence-electron chi connectivity index (χ1n) is 8.75. The van der Waals surface area contributed by atoms with Gasteiger partial charge in [0.15, 0.2) is 17.3 Å². The standard InChI is InChI=1S/C21H22N2O5/c1-14-4-7-16(8-5-14)19-12-23(21(25)28-19)13-20(24)22-11-15-6-9-17(26-2)18(10-15)27-3/h4-10,12H,11,13H2,1-3H3,(H,22,24). The SMILES string of the molecule is COc1ccc(CNC(=O)Cn2cc(-c3ccc(C)cc3)oc2=O)cc1OC. The molecular weight excluding hydrogens is 360 g/mol. The Morgan fingerprint density at radius 1 is 1.07 bits per heavy atom. The lowest BCUT2D eigenvalue weighted by Gasteiger charge is -2.10. The Morgan fingerprint density at radius 3 is 2.46 bits per heavy atom. The van der Waals surface area contributed by atoms with Gasteiger partial charge >= 0.3 is 5.76 Å². The Kier molecular flexibility index (Phi) is 5.84. The number of methoxy groups -OCH3 is 2. The van der Waals surface area contributed by atoms with Crippen LogP contribution in [0.1, 0.15) is 11.1 Å². The first-order valence-corrected chi connectivity index (χ1v) is 8.75. The number of carbonyl (C=O) groups excluding carboxylic acids is 1. The van der Waals surface area contributed by atoms with Crippen molar-refractivity contribution in [3.05, 3.63) is 70.3 Å². The van der Waals surface area contributed by atoms with E-state index in [1.165, 1.54) is 4.57 Å². The molecule has 0 atom stereocenters. The lowest BCUT2D eigenvalue weighted by Crippen LogP contribution is -2.30. The number of oxazole rings is 1. The molecule has 2 aromatic carbocycles. The van der Waals surface area contributed by atoms with Crippen LogP contribution in [-0.4, -0.2) is 24.7 Å². The smallest absolute Gasteiger partial charge is 0.419 e. The van der Waals surface area contributed by atoms with Crippen LogP contribution >= 0.6 is 0 Å². The molecule has 0 radical (unpaired) electrons. The van der Waals surface area contributed by atoms with Crippen molar-refractivity contribution >= 4 is 5.91 Å². The summed E-state index contributed by atoms with van der Waals surface area (Å²) in [6.45, 7) is 2.16. The largest absolute Gasteiger partial charge is 0.493 e. The number of hydrogen-bond acceptors (Lipinski definition) is 5. The molecule has 7 nitrogen and oxygen atoms in total. The summed E-state index contributed by atoms with van der Waals surface area (Å²) in [4.78, 5) is 24.3. The molecule has 0 aliphatic carbocycles. The molecule has 0 aliphatic rings. The van der Waals surface area contributed by atoms with Crippen molar-refractivity contribution < 1.29 is 18.7 Å². The highest BCUT2D eigenvalue weighted by Crippen LogP contribution is 2.27. The number of amides is 1. The maximum absolute atomic E-state index is 12.2. The van der Waals surface area contributed by atoms with Gasteiger partial charge < -0.3 is 19.2 Å². The van der Waals surface area contributed by atoms with E-state index in [2.05, 4.69) is 5.32 Å². The van der Waals surface area contributed by atoms with Gasteiger partial charge in [0.25, 0.3) is 0 Å². The number of hydrogen-bond donors (Lipinski definition) is 1. The summed E-state index contributed by atoms with van der Waals surface area (Å²) in [5, 5.41) is 2.78. The van der Waals surface area contributed by atoms with Gasteiger partial charge in [0.05, 0.1) is 20.4 Å². The van der Waals surface area contributed by atoms with Crippen LogP contribution in [0.25, 0.3) is 11.3 Å². The quantitative estimate of drug-likeness (QED) is 0.679. The predicted molar refractivity (Wildman–Crippen MR) is 105 cm³/mol. The third kappa shape index (κ3) is 4.43. The fraction of sp³-hybridized carbons (Fsp3) is 0.238. The number of benzene rings is 2. The van der Waals surface area contributed by atoms with Crippen molar-refractivity contribution in [1.82, 2.24) is 9.88 Å². The highest BCUT2D eigenvalue weighted by molar-refractivity contribution is 5.75. The number of nitrogens with one attached hydrogen (secondary N) is 1. The second-order valence-electron chi connectivity index (χ2n) is 6.32. The molecule has 3 aromatic rings. The molecule has 3 rings (SSSR count). The van der Waals surface area contributed by atoms with Gasteiger partial charge in [-0.15, -0.1) is 0 Å². The van der Waals surface area contributed by atoms with E-state index in [9.17, 15) is 9.59 Å². The molecule has 1 amide bonds. The molecule has 0 bridgehead atoms. The zero-order chi connectivity index (χ0) is 20.1. The zero-order valence-corrected chi connectivity index (χ0v) is 16.0. The van der Waals surface area contributed by atoms with Gasteiger partial charge in [-0.25, -0.2) is 4.79 Å². The minimum absolute atomic E-state index is 0.124.